The number of rotatable bonds is 0. The second-order valence-electron chi connectivity index (χ2n) is 4.96. The van der Waals surface area contributed by atoms with Gasteiger partial charge in [0.05, 0.1) is 11.1 Å². The Balaban J connectivity index is 3.88. The molecule has 1 aromatic carbocycles. The standard InChI is InChI=1S/C13H13F4N/c1-5-7-8(14)6-9(18)11(13(15,16)17)10(7)12(2,3)4/h1,6H,18H2,2-4H3. The van der Waals surface area contributed by atoms with Gasteiger partial charge < -0.3 is 5.73 Å². The first kappa shape index (κ1) is 14.4. The lowest BCUT2D eigenvalue weighted by atomic mass is 9.79. The highest BCUT2D eigenvalue weighted by atomic mass is 19.4. The minimum absolute atomic E-state index is 0.282. The molecule has 98 valence electrons. The maximum absolute atomic E-state index is 13.6. The first-order valence-corrected chi connectivity index (χ1v) is 5.16. The Morgan fingerprint density at radius 3 is 2.00 bits per heavy atom. The molecule has 1 rings (SSSR count). The Morgan fingerprint density at radius 1 is 1.17 bits per heavy atom. The third kappa shape index (κ3) is 2.42. The summed E-state index contributed by atoms with van der Waals surface area (Å²) in [5.41, 5.74) is 1.96. The number of nitrogen functional groups attached to an aromatic ring is 1. The number of benzene rings is 1. The van der Waals surface area contributed by atoms with Gasteiger partial charge in [0.2, 0.25) is 0 Å². The zero-order valence-corrected chi connectivity index (χ0v) is 10.2. The Hall–Kier alpha value is -1.70. The van der Waals surface area contributed by atoms with Crippen LogP contribution in [0.1, 0.15) is 37.5 Å². The van der Waals surface area contributed by atoms with Gasteiger partial charge in [0.25, 0.3) is 0 Å². The summed E-state index contributed by atoms with van der Waals surface area (Å²) in [5, 5.41) is 0. The van der Waals surface area contributed by atoms with E-state index in [1.54, 1.807) is 0 Å². The van der Waals surface area contributed by atoms with E-state index in [4.69, 9.17) is 12.2 Å². The fraction of sp³-hybridized carbons (Fsp3) is 0.385. The quantitative estimate of drug-likeness (QED) is 0.429. The van der Waals surface area contributed by atoms with E-state index in [-0.39, 0.29) is 11.1 Å². The smallest absolute Gasteiger partial charge is 0.398 e. The monoisotopic (exact) mass is 259 g/mol. The second-order valence-corrected chi connectivity index (χ2v) is 4.96. The van der Waals surface area contributed by atoms with Crippen molar-refractivity contribution in [2.75, 3.05) is 5.73 Å². The summed E-state index contributed by atoms with van der Waals surface area (Å²) >= 11 is 0. The Bertz CT molecular complexity index is 516. The number of nitrogens with two attached hydrogens (primary N) is 1. The van der Waals surface area contributed by atoms with Gasteiger partial charge in [0.1, 0.15) is 5.82 Å². The van der Waals surface area contributed by atoms with Gasteiger partial charge in [0, 0.05) is 5.69 Å². The van der Waals surface area contributed by atoms with Crippen molar-refractivity contribution in [3.05, 3.63) is 28.6 Å². The molecule has 0 aromatic heterocycles. The number of hydrogen-bond donors (Lipinski definition) is 1. The maximum atomic E-state index is 13.6. The molecule has 0 spiro atoms. The summed E-state index contributed by atoms with van der Waals surface area (Å²) in [6.45, 7) is 4.58. The van der Waals surface area contributed by atoms with Crippen LogP contribution in [0.4, 0.5) is 23.2 Å². The van der Waals surface area contributed by atoms with E-state index in [2.05, 4.69) is 0 Å². The van der Waals surface area contributed by atoms with E-state index in [9.17, 15) is 17.6 Å². The fourth-order valence-electron chi connectivity index (χ4n) is 1.87. The molecule has 0 heterocycles. The van der Waals surface area contributed by atoms with E-state index in [1.807, 2.05) is 5.92 Å². The van der Waals surface area contributed by atoms with Gasteiger partial charge in [-0.15, -0.1) is 6.42 Å². The molecule has 0 atom stereocenters. The van der Waals surface area contributed by atoms with Crippen molar-refractivity contribution in [2.24, 2.45) is 0 Å². The van der Waals surface area contributed by atoms with Crippen LogP contribution in [0.25, 0.3) is 0 Å². The van der Waals surface area contributed by atoms with Gasteiger partial charge in [-0.25, -0.2) is 4.39 Å². The lowest BCUT2D eigenvalue weighted by molar-refractivity contribution is -0.138. The minimum atomic E-state index is -4.67. The van der Waals surface area contributed by atoms with Crippen LogP contribution in [0.2, 0.25) is 0 Å². The van der Waals surface area contributed by atoms with Crippen LogP contribution in [-0.2, 0) is 11.6 Å². The lowest BCUT2D eigenvalue weighted by Crippen LogP contribution is -2.24. The van der Waals surface area contributed by atoms with Gasteiger partial charge in [0.15, 0.2) is 0 Å². The highest BCUT2D eigenvalue weighted by Crippen LogP contribution is 2.43. The molecule has 5 heteroatoms. The van der Waals surface area contributed by atoms with Crippen LogP contribution < -0.4 is 5.73 Å². The molecule has 0 saturated heterocycles. The lowest BCUT2D eigenvalue weighted by Gasteiger charge is -2.27. The summed E-state index contributed by atoms with van der Waals surface area (Å²) in [4.78, 5) is 0. The number of alkyl halides is 3. The second kappa shape index (κ2) is 4.20. The van der Waals surface area contributed by atoms with Crippen molar-refractivity contribution >= 4 is 5.69 Å². The molecule has 0 aliphatic rings. The van der Waals surface area contributed by atoms with Gasteiger partial charge in [-0.3, -0.25) is 0 Å². The highest BCUT2D eigenvalue weighted by Gasteiger charge is 2.40. The van der Waals surface area contributed by atoms with Gasteiger partial charge in [-0.2, -0.15) is 13.2 Å². The van der Waals surface area contributed by atoms with E-state index in [0.29, 0.717) is 6.07 Å². The third-order valence-corrected chi connectivity index (χ3v) is 2.49. The van der Waals surface area contributed by atoms with Gasteiger partial charge in [-0.05, 0) is 17.0 Å². The number of halogens is 4. The Labute approximate surface area is 103 Å². The van der Waals surface area contributed by atoms with Gasteiger partial charge in [-0.1, -0.05) is 26.7 Å². The summed E-state index contributed by atoms with van der Waals surface area (Å²) in [7, 11) is 0. The molecule has 0 aliphatic carbocycles. The SMILES string of the molecule is C#Cc1c(F)cc(N)c(C(F)(F)F)c1C(C)(C)C. The average Bonchev–Trinajstić information content (AvgIpc) is 2.12. The molecular formula is C13H13F4N. The number of hydrogen-bond acceptors (Lipinski definition) is 1. The first-order chi connectivity index (χ1) is 8.00. The molecule has 1 aromatic rings. The molecule has 2 N–H and O–H groups in total. The van der Waals surface area contributed by atoms with E-state index < -0.39 is 28.7 Å². The van der Waals surface area contributed by atoms with Gasteiger partial charge >= 0.3 is 6.18 Å². The topological polar surface area (TPSA) is 26.0 Å². The average molecular weight is 259 g/mol. The predicted octanol–water partition coefficient (Wildman–Crippen LogP) is 3.71. The van der Waals surface area contributed by atoms with E-state index >= 15 is 0 Å². The molecule has 0 amide bonds. The normalized spacial score (nSPS) is 12.3. The van der Waals surface area contributed by atoms with Crippen LogP contribution in [0.5, 0.6) is 0 Å². The van der Waals surface area contributed by atoms with E-state index in [1.165, 1.54) is 20.8 Å². The molecule has 18 heavy (non-hydrogen) atoms. The van der Waals surface area contributed by atoms with Crippen molar-refractivity contribution < 1.29 is 17.6 Å². The van der Waals surface area contributed by atoms with E-state index in [0.717, 1.165) is 0 Å². The predicted molar refractivity (Wildman–Crippen MR) is 62.4 cm³/mol. The zero-order valence-electron chi connectivity index (χ0n) is 10.2. The van der Waals surface area contributed by atoms with Crippen molar-refractivity contribution in [3.63, 3.8) is 0 Å². The number of terminal acetylenes is 1. The minimum Gasteiger partial charge on any atom is -0.398 e. The number of anilines is 1. The maximum Gasteiger partial charge on any atom is 0.418 e. The Morgan fingerprint density at radius 2 is 1.67 bits per heavy atom. The van der Waals surface area contributed by atoms with Crippen molar-refractivity contribution in [1.82, 2.24) is 0 Å². The summed E-state index contributed by atoms with van der Waals surface area (Å²) in [6, 6.07) is 0.618. The van der Waals surface area contributed by atoms with Crippen molar-refractivity contribution in [1.29, 1.82) is 0 Å². The fourth-order valence-corrected chi connectivity index (χ4v) is 1.87. The molecule has 0 saturated carbocycles. The molecule has 0 aliphatic heterocycles. The third-order valence-electron chi connectivity index (χ3n) is 2.49. The van der Waals surface area contributed by atoms with Crippen LogP contribution in [0, 0.1) is 18.2 Å². The highest BCUT2D eigenvalue weighted by molar-refractivity contribution is 5.61. The summed E-state index contributed by atoms with van der Waals surface area (Å²) in [6.07, 6.45) is 0.438. The first-order valence-electron chi connectivity index (χ1n) is 5.16. The molecule has 0 bridgehead atoms. The molecular weight excluding hydrogens is 246 g/mol. The van der Waals surface area contributed by atoms with Crippen molar-refractivity contribution in [3.8, 4) is 12.3 Å². The van der Waals surface area contributed by atoms with Crippen molar-refractivity contribution in [2.45, 2.75) is 32.4 Å². The van der Waals surface area contributed by atoms with Crippen LogP contribution >= 0.6 is 0 Å². The summed E-state index contributed by atoms with van der Waals surface area (Å²) in [5.74, 6) is 1.07. The molecule has 0 fully saturated rings. The molecule has 0 unspecified atom stereocenters. The largest absolute Gasteiger partial charge is 0.418 e. The Kier molecular flexibility index (Phi) is 3.35. The molecule has 1 nitrogen and oxygen atoms in total. The van der Waals surface area contributed by atoms with Crippen LogP contribution in [0.3, 0.4) is 0 Å². The summed E-state index contributed by atoms with van der Waals surface area (Å²) < 4.78 is 52.7. The molecule has 0 radical (unpaired) electrons. The van der Waals surface area contributed by atoms with Crippen LogP contribution in [0.15, 0.2) is 6.07 Å². The zero-order chi connectivity index (χ0) is 14.3. The van der Waals surface area contributed by atoms with Crippen LogP contribution in [-0.4, -0.2) is 0 Å².